The van der Waals surface area contributed by atoms with Gasteiger partial charge >= 0.3 is 0 Å². The SMILES string of the molecule is CC(=CCn1ccnc1)c1cc2ccccc2o1. The van der Waals surface area contributed by atoms with Gasteiger partial charge in [-0.15, -0.1) is 0 Å². The highest BCUT2D eigenvalue weighted by atomic mass is 16.3. The van der Waals surface area contributed by atoms with Crippen LogP contribution in [0.4, 0.5) is 0 Å². The third kappa shape index (κ3) is 2.07. The maximum Gasteiger partial charge on any atom is 0.134 e. The van der Waals surface area contributed by atoms with E-state index in [1.165, 1.54) is 0 Å². The molecule has 0 aliphatic carbocycles. The van der Waals surface area contributed by atoms with Gasteiger partial charge in [0.15, 0.2) is 0 Å². The van der Waals surface area contributed by atoms with Gasteiger partial charge < -0.3 is 8.98 Å². The Bertz CT molecular complexity index is 644. The molecule has 1 aromatic carbocycles. The summed E-state index contributed by atoms with van der Waals surface area (Å²) in [5.74, 6) is 0.927. The highest BCUT2D eigenvalue weighted by molar-refractivity contribution is 5.81. The largest absolute Gasteiger partial charge is 0.456 e. The van der Waals surface area contributed by atoms with Gasteiger partial charge in [0.05, 0.1) is 6.33 Å². The zero-order chi connectivity index (χ0) is 12.4. The zero-order valence-electron chi connectivity index (χ0n) is 10.2. The Balaban J connectivity index is 1.87. The molecule has 3 rings (SSSR count). The van der Waals surface area contributed by atoms with E-state index in [1.807, 2.05) is 35.3 Å². The second-order valence-electron chi connectivity index (χ2n) is 4.30. The van der Waals surface area contributed by atoms with E-state index in [4.69, 9.17) is 4.42 Å². The predicted octanol–water partition coefficient (Wildman–Crippen LogP) is 3.73. The van der Waals surface area contributed by atoms with Crippen molar-refractivity contribution in [1.29, 1.82) is 0 Å². The molecule has 0 fully saturated rings. The normalized spacial score (nSPS) is 12.2. The molecule has 0 unspecified atom stereocenters. The fourth-order valence-electron chi connectivity index (χ4n) is 1.91. The summed E-state index contributed by atoms with van der Waals surface area (Å²) in [6.45, 7) is 2.87. The lowest BCUT2D eigenvalue weighted by Crippen LogP contribution is -1.90. The number of imidazole rings is 1. The lowest BCUT2D eigenvalue weighted by Gasteiger charge is -1.98. The predicted molar refractivity (Wildman–Crippen MR) is 72.1 cm³/mol. The number of benzene rings is 1. The lowest BCUT2D eigenvalue weighted by molar-refractivity contribution is 0.598. The molecule has 18 heavy (non-hydrogen) atoms. The second-order valence-corrected chi connectivity index (χ2v) is 4.30. The fourth-order valence-corrected chi connectivity index (χ4v) is 1.91. The van der Waals surface area contributed by atoms with Crippen LogP contribution in [-0.4, -0.2) is 9.55 Å². The van der Waals surface area contributed by atoms with Crippen LogP contribution in [0.15, 0.2) is 59.5 Å². The molecule has 0 atom stereocenters. The van der Waals surface area contributed by atoms with E-state index in [1.54, 1.807) is 6.20 Å². The Morgan fingerprint density at radius 1 is 1.39 bits per heavy atom. The first-order chi connectivity index (χ1) is 8.83. The summed E-state index contributed by atoms with van der Waals surface area (Å²) in [5.41, 5.74) is 2.07. The molecule has 0 aliphatic rings. The number of aromatic nitrogens is 2. The molecule has 2 heterocycles. The van der Waals surface area contributed by atoms with Gasteiger partial charge in [-0.3, -0.25) is 0 Å². The second kappa shape index (κ2) is 4.53. The minimum atomic E-state index is 0.808. The van der Waals surface area contributed by atoms with Gasteiger partial charge in [-0.25, -0.2) is 4.98 Å². The van der Waals surface area contributed by atoms with Crippen molar-refractivity contribution in [3.05, 3.63) is 60.9 Å². The summed E-state index contributed by atoms with van der Waals surface area (Å²) in [4.78, 5) is 4.02. The van der Waals surface area contributed by atoms with E-state index in [9.17, 15) is 0 Å². The minimum Gasteiger partial charge on any atom is -0.456 e. The monoisotopic (exact) mass is 238 g/mol. The van der Waals surface area contributed by atoms with Crippen LogP contribution in [0.3, 0.4) is 0 Å². The molecule has 0 N–H and O–H groups in total. The van der Waals surface area contributed by atoms with E-state index in [0.717, 1.165) is 28.8 Å². The quantitative estimate of drug-likeness (QED) is 0.696. The van der Waals surface area contributed by atoms with Crippen molar-refractivity contribution in [2.75, 3.05) is 0 Å². The van der Waals surface area contributed by atoms with Gasteiger partial charge in [-0.1, -0.05) is 24.3 Å². The molecular formula is C15H14N2O. The van der Waals surface area contributed by atoms with E-state index >= 15 is 0 Å². The van der Waals surface area contributed by atoms with Gasteiger partial charge in [0.2, 0.25) is 0 Å². The van der Waals surface area contributed by atoms with E-state index < -0.39 is 0 Å². The topological polar surface area (TPSA) is 31.0 Å². The first-order valence-corrected chi connectivity index (χ1v) is 5.94. The van der Waals surface area contributed by atoms with Crippen LogP contribution in [0.25, 0.3) is 16.5 Å². The molecule has 3 aromatic rings. The van der Waals surface area contributed by atoms with Crippen LogP contribution < -0.4 is 0 Å². The average Bonchev–Trinajstić information content (AvgIpc) is 3.04. The van der Waals surface area contributed by atoms with Crippen LogP contribution in [0, 0.1) is 0 Å². The maximum atomic E-state index is 5.81. The molecule has 90 valence electrons. The van der Waals surface area contributed by atoms with E-state index in [0.29, 0.717) is 0 Å². The maximum absolute atomic E-state index is 5.81. The summed E-state index contributed by atoms with van der Waals surface area (Å²) in [7, 11) is 0. The van der Waals surface area contributed by atoms with Gasteiger partial charge in [-0.05, 0) is 24.6 Å². The molecular weight excluding hydrogens is 224 g/mol. The molecule has 3 heteroatoms. The fraction of sp³-hybridized carbons (Fsp3) is 0.133. The van der Waals surface area contributed by atoms with Crippen molar-refractivity contribution in [3.8, 4) is 0 Å². The Hall–Kier alpha value is -2.29. The molecule has 0 saturated carbocycles. The van der Waals surface area contributed by atoms with Gasteiger partial charge in [0.25, 0.3) is 0 Å². The van der Waals surface area contributed by atoms with Crippen LogP contribution in [-0.2, 0) is 6.54 Å². The Morgan fingerprint density at radius 3 is 3.06 bits per heavy atom. The average molecular weight is 238 g/mol. The van der Waals surface area contributed by atoms with E-state index in [2.05, 4.69) is 30.1 Å². The molecule has 0 spiro atoms. The highest BCUT2D eigenvalue weighted by Gasteiger charge is 2.04. The molecule has 0 saturated heterocycles. The third-order valence-corrected chi connectivity index (χ3v) is 2.98. The van der Waals surface area contributed by atoms with Gasteiger partial charge in [0, 0.05) is 24.3 Å². The lowest BCUT2D eigenvalue weighted by atomic mass is 10.2. The van der Waals surface area contributed by atoms with Crippen LogP contribution >= 0.6 is 0 Å². The smallest absolute Gasteiger partial charge is 0.134 e. The third-order valence-electron chi connectivity index (χ3n) is 2.98. The Labute approximate surface area is 105 Å². The number of para-hydroxylation sites is 1. The van der Waals surface area contributed by atoms with Crippen LogP contribution in [0.5, 0.6) is 0 Å². The van der Waals surface area contributed by atoms with Crippen molar-refractivity contribution in [1.82, 2.24) is 9.55 Å². The summed E-state index contributed by atoms with van der Waals surface area (Å²) >= 11 is 0. The zero-order valence-corrected chi connectivity index (χ0v) is 10.2. The number of furan rings is 1. The summed E-state index contributed by atoms with van der Waals surface area (Å²) in [6.07, 6.45) is 7.68. The molecule has 0 radical (unpaired) electrons. The number of nitrogens with zero attached hydrogens (tertiary/aromatic N) is 2. The molecule has 0 aliphatic heterocycles. The van der Waals surface area contributed by atoms with Crippen LogP contribution in [0.1, 0.15) is 12.7 Å². The highest BCUT2D eigenvalue weighted by Crippen LogP contribution is 2.24. The van der Waals surface area contributed by atoms with Gasteiger partial charge in [-0.2, -0.15) is 0 Å². The van der Waals surface area contributed by atoms with Crippen molar-refractivity contribution < 1.29 is 4.42 Å². The first-order valence-electron chi connectivity index (χ1n) is 5.94. The van der Waals surface area contributed by atoms with Crippen LogP contribution in [0.2, 0.25) is 0 Å². The Morgan fingerprint density at radius 2 is 2.28 bits per heavy atom. The first kappa shape index (κ1) is 10.8. The van der Waals surface area contributed by atoms with Crippen molar-refractivity contribution in [3.63, 3.8) is 0 Å². The Kier molecular flexibility index (Phi) is 2.73. The summed E-state index contributed by atoms with van der Waals surface area (Å²) in [5, 5.41) is 1.14. The minimum absolute atomic E-state index is 0.808. The number of fused-ring (bicyclic) bond motifs is 1. The molecule has 2 aromatic heterocycles. The van der Waals surface area contributed by atoms with Crippen molar-refractivity contribution in [2.24, 2.45) is 0 Å². The molecule has 0 bridgehead atoms. The van der Waals surface area contributed by atoms with Gasteiger partial charge in [0.1, 0.15) is 11.3 Å². The number of hydrogen-bond donors (Lipinski definition) is 0. The van der Waals surface area contributed by atoms with Crippen molar-refractivity contribution >= 4 is 16.5 Å². The van der Waals surface area contributed by atoms with Crippen molar-refractivity contribution in [2.45, 2.75) is 13.5 Å². The standard InChI is InChI=1S/C15H14N2O/c1-12(6-8-17-9-7-16-11-17)15-10-13-4-2-3-5-14(13)18-15/h2-7,9-11H,8H2,1H3. The number of allylic oxidation sites excluding steroid dienone is 2. The summed E-state index contributed by atoms with van der Waals surface area (Å²) < 4.78 is 7.83. The van der Waals surface area contributed by atoms with E-state index in [-0.39, 0.29) is 0 Å². The molecule has 3 nitrogen and oxygen atoms in total. The molecule has 0 amide bonds. The number of rotatable bonds is 3. The number of hydrogen-bond acceptors (Lipinski definition) is 2. The summed E-state index contributed by atoms with van der Waals surface area (Å²) in [6, 6.07) is 10.1.